The minimum Gasteiger partial charge on any atom is -0.306 e. The molecule has 0 aliphatic carbocycles. The Balaban J connectivity index is 1.98. The van der Waals surface area contributed by atoms with E-state index in [0.717, 1.165) is 17.7 Å². The molecular weight excluding hydrogens is 343 g/mol. The van der Waals surface area contributed by atoms with Crippen LogP contribution < -0.4 is 5.32 Å². The van der Waals surface area contributed by atoms with E-state index in [4.69, 9.17) is 0 Å². The van der Waals surface area contributed by atoms with Gasteiger partial charge in [-0.15, -0.1) is 5.10 Å². The van der Waals surface area contributed by atoms with E-state index in [1.807, 2.05) is 27.3 Å². The zero-order chi connectivity index (χ0) is 19.1. The minimum atomic E-state index is -4.33. The Labute approximate surface area is 151 Å². The first-order valence-corrected chi connectivity index (χ1v) is 8.59. The summed E-state index contributed by atoms with van der Waals surface area (Å²) in [5.74, 6) is 0. The molecule has 2 heterocycles. The van der Waals surface area contributed by atoms with Crippen molar-refractivity contribution >= 4 is 0 Å². The molecule has 0 saturated carbocycles. The SMILES string of the molecule is C[C@H]1C[C@](c2ccc(C(F)(F)F)cc2)(N(C)C)C[C@@H](c2cn(C)nn2)N1. The van der Waals surface area contributed by atoms with Gasteiger partial charge < -0.3 is 5.32 Å². The number of hydrogen-bond acceptors (Lipinski definition) is 4. The molecule has 0 bridgehead atoms. The number of benzene rings is 1. The summed E-state index contributed by atoms with van der Waals surface area (Å²) in [5.41, 5.74) is 0.731. The van der Waals surface area contributed by atoms with Crippen LogP contribution in [0.5, 0.6) is 0 Å². The highest BCUT2D eigenvalue weighted by Gasteiger charge is 2.43. The second-order valence-corrected chi connectivity index (χ2v) is 7.35. The maximum absolute atomic E-state index is 12.9. The summed E-state index contributed by atoms with van der Waals surface area (Å²) in [6.07, 6.45) is -0.952. The van der Waals surface area contributed by atoms with Gasteiger partial charge in [-0.2, -0.15) is 13.2 Å². The molecule has 3 atom stereocenters. The molecule has 1 aliphatic heterocycles. The molecule has 1 saturated heterocycles. The average molecular weight is 367 g/mol. The van der Waals surface area contributed by atoms with Gasteiger partial charge in [0.2, 0.25) is 0 Å². The lowest BCUT2D eigenvalue weighted by molar-refractivity contribution is -0.137. The zero-order valence-electron chi connectivity index (χ0n) is 15.4. The van der Waals surface area contributed by atoms with Crippen LogP contribution in [0.4, 0.5) is 13.2 Å². The molecule has 0 spiro atoms. The molecule has 3 rings (SSSR count). The number of nitrogens with zero attached hydrogens (tertiary/aromatic N) is 4. The van der Waals surface area contributed by atoms with Crippen LogP contribution in [0.3, 0.4) is 0 Å². The molecule has 2 aromatic rings. The first-order valence-electron chi connectivity index (χ1n) is 8.59. The van der Waals surface area contributed by atoms with Gasteiger partial charge in [-0.3, -0.25) is 9.58 Å². The van der Waals surface area contributed by atoms with Crippen molar-refractivity contribution in [1.82, 2.24) is 25.2 Å². The topological polar surface area (TPSA) is 46.0 Å². The van der Waals surface area contributed by atoms with E-state index < -0.39 is 11.7 Å². The third-order valence-electron chi connectivity index (χ3n) is 5.25. The van der Waals surface area contributed by atoms with Gasteiger partial charge in [-0.1, -0.05) is 17.3 Å². The van der Waals surface area contributed by atoms with Crippen LogP contribution in [-0.2, 0) is 18.8 Å². The fraction of sp³-hybridized carbons (Fsp3) is 0.556. The molecule has 1 fully saturated rings. The molecular formula is C18H24F3N5. The molecule has 1 aliphatic rings. The highest BCUT2D eigenvalue weighted by molar-refractivity contribution is 5.32. The number of alkyl halides is 3. The number of hydrogen-bond donors (Lipinski definition) is 1. The molecule has 0 amide bonds. The van der Waals surface area contributed by atoms with Crippen LogP contribution in [0.2, 0.25) is 0 Å². The summed E-state index contributed by atoms with van der Waals surface area (Å²) in [4.78, 5) is 2.11. The minimum absolute atomic E-state index is 0.0165. The van der Waals surface area contributed by atoms with Crippen molar-refractivity contribution in [2.75, 3.05) is 14.1 Å². The van der Waals surface area contributed by atoms with E-state index in [2.05, 4.69) is 27.5 Å². The van der Waals surface area contributed by atoms with Crippen molar-refractivity contribution in [2.24, 2.45) is 7.05 Å². The molecule has 5 nitrogen and oxygen atoms in total. The Morgan fingerprint density at radius 3 is 2.35 bits per heavy atom. The summed E-state index contributed by atoms with van der Waals surface area (Å²) in [7, 11) is 5.77. The monoisotopic (exact) mass is 367 g/mol. The van der Waals surface area contributed by atoms with Crippen LogP contribution in [0.25, 0.3) is 0 Å². The second-order valence-electron chi connectivity index (χ2n) is 7.35. The normalized spacial score (nSPS) is 27.1. The molecule has 0 radical (unpaired) electrons. The molecule has 0 unspecified atom stereocenters. The number of piperidine rings is 1. The van der Waals surface area contributed by atoms with Gasteiger partial charge in [0.15, 0.2) is 0 Å². The van der Waals surface area contributed by atoms with E-state index in [1.165, 1.54) is 12.1 Å². The fourth-order valence-electron chi connectivity index (χ4n) is 3.93. The fourth-order valence-corrected chi connectivity index (χ4v) is 3.93. The first-order chi connectivity index (χ1) is 12.1. The van der Waals surface area contributed by atoms with Crippen molar-refractivity contribution in [3.8, 4) is 0 Å². The Hall–Kier alpha value is -1.93. The van der Waals surface area contributed by atoms with Gasteiger partial charge in [0.1, 0.15) is 0 Å². The van der Waals surface area contributed by atoms with Crippen molar-refractivity contribution in [2.45, 2.75) is 43.6 Å². The maximum Gasteiger partial charge on any atom is 0.416 e. The molecule has 142 valence electrons. The van der Waals surface area contributed by atoms with E-state index in [0.29, 0.717) is 6.42 Å². The Kier molecular flexibility index (Phi) is 4.83. The molecule has 8 heteroatoms. The van der Waals surface area contributed by atoms with Crippen molar-refractivity contribution in [1.29, 1.82) is 0 Å². The summed E-state index contributed by atoms with van der Waals surface area (Å²) in [6.45, 7) is 2.09. The lowest BCUT2D eigenvalue weighted by Gasteiger charge is -2.48. The summed E-state index contributed by atoms with van der Waals surface area (Å²) < 4.78 is 40.4. The zero-order valence-corrected chi connectivity index (χ0v) is 15.4. The highest BCUT2D eigenvalue weighted by atomic mass is 19.4. The predicted molar refractivity (Wildman–Crippen MR) is 92.4 cm³/mol. The van der Waals surface area contributed by atoms with Gasteiger partial charge in [-0.05, 0) is 51.6 Å². The van der Waals surface area contributed by atoms with E-state index in [9.17, 15) is 13.2 Å². The van der Waals surface area contributed by atoms with Crippen molar-refractivity contribution in [3.05, 3.63) is 47.3 Å². The molecule has 1 aromatic carbocycles. The van der Waals surface area contributed by atoms with Gasteiger partial charge >= 0.3 is 6.18 Å². The van der Waals surface area contributed by atoms with Crippen LogP contribution in [0.1, 0.15) is 42.6 Å². The third-order valence-corrected chi connectivity index (χ3v) is 5.25. The number of aryl methyl sites for hydroxylation is 1. The van der Waals surface area contributed by atoms with Gasteiger partial charge in [0, 0.05) is 24.8 Å². The Morgan fingerprint density at radius 2 is 1.85 bits per heavy atom. The van der Waals surface area contributed by atoms with Crippen LogP contribution in [0, 0.1) is 0 Å². The molecule has 26 heavy (non-hydrogen) atoms. The largest absolute Gasteiger partial charge is 0.416 e. The van der Waals surface area contributed by atoms with Crippen LogP contribution in [-0.4, -0.2) is 40.0 Å². The smallest absolute Gasteiger partial charge is 0.306 e. The summed E-state index contributed by atoms with van der Waals surface area (Å²) in [5, 5.41) is 11.8. The molecule has 1 N–H and O–H groups in total. The number of nitrogens with one attached hydrogen (secondary N) is 1. The van der Waals surface area contributed by atoms with E-state index in [1.54, 1.807) is 16.8 Å². The van der Waals surface area contributed by atoms with E-state index in [-0.39, 0.29) is 17.6 Å². The standard InChI is InChI=1S/C18H24F3N5/c1-12-9-17(25(2)3,10-15(22-12)16-11-26(4)24-23-16)13-5-7-14(8-6-13)18(19,20)21/h5-8,11-12,15,22H,9-10H2,1-4H3/t12-,15-,17-/m0/s1. The van der Waals surface area contributed by atoms with Gasteiger partial charge in [0.05, 0.1) is 17.3 Å². The maximum atomic E-state index is 12.9. The Bertz CT molecular complexity index is 753. The van der Waals surface area contributed by atoms with Gasteiger partial charge in [0.25, 0.3) is 0 Å². The first kappa shape index (κ1) is 18.8. The number of aromatic nitrogens is 3. The quantitative estimate of drug-likeness (QED) is 0.906. The second kappa shape index (κ2) is 6.66. The van der Waals surface area contributed by atoms with Gasteiger partial charge in [-0.25, -0.2) is 0 Å². The van der Waals surface area contributed by atoms with Crippen molar-refractivity contribution in [3.63, 3.8) is 0 Å². The van der Waals surface area contributed by atoms with Crippen molar-refractivity contribution < 1.29 is 13.2 Å². The lowest BCUT2D eigenvalue weighted by atomic mass is 9.74. The molecule has 1 aromatic heterocycles. The average Bonchev–Trinajstić information content (AvgIpc) is 3.00. The summed E-state index contributed by atoms with van der Waals surface area (Å²) in [6, 6.07) is 5.72. The van der Waals surface area contributed by atoms with E-state index >= 15 is 0 Å². The lowest BCUT2D eigenvalue weighted by Crippen LogP contribution is -2.53. The third kappa shape index (κ3) is 3.48. The van der Waals surface area contributed by atoms with Crippen LogP contribution in [0.15, 0.2) is 30.5 Å². The number of rotatable bonds is 3. The number of halogens is 3. The summed E-state index contributed by atoms with van der Waals surface area (Å²) >= 11 is 0. The highest BCUT2D eigenvalue weighted by Crippen LogP contribution is 2.43. The van der Waals surface area contributed by atoms with Crippen LogP contribution >= 0.6 is 0 Å². The Morgan fingerprint density at radius 1 is 1.19 bits per heavy atom. The predicted octanol–water partition coefficient (Wildman–Crippen LogP) is 3.10.